The Labute approximate surface area is 177 Å². The maximum Gasteiger partial charge on any atom is 0.352 e. The van der Waals surface area contributed by atoms with E-state index >= 15 is 0 Å². The van der Waals surface area contributed by atoms with Gasteiger partial charge in [0.05, 0.1) is 11.8 Å². The predicted molar refractivity (Wildman–Crippen MR) is 106 cm³/mol. The number of rotatable bonds is 8. The van der Waals surface area contributed by atoms with Gasteiger partial charge < -0.3 is 10.4 Å². The molecule has 0 aliphatic carbocycles. The Hall–Kier alpha value is -2.50. The van der Waals surface area contributed by atoms with Crippen LogP contribution in [-0.4, -0.2) is 76.7 Å². The average Bonchev–Trinajstić information content (AvgIpc) is 3.11. The lowest BCUT2D eigenvalue weighted by atomic mass is 10.0. The maximum absolute atomic E-state index is 12.5. The van der Waals surface area contributed by atoms with E-state index in [0.717, 1.165) is 11.8 Å². The summed E-state index contributed by atoms with van der Waals surface area (Å²) >= 11 is 3.82. The van der Waals surface area contributed by atoms with E-state index in [9.17, 15) is 19.5 Å². The second-order valence-corrected chi connectivity index (χ2v) is 8.77. The molecule has 2 amide bonds. The van der Waals surface area contributed by atoms with E-state index in [-0.39, 0.29) is 17.4 Å². The summed E-state index contributed by atoms with van der Waals surface area (Å²) in [6.45, 7) is 0. The minimum Gasteiger partial charge on any atom is -0.477 e. The molecule has 152 valence electrons. The number of β-lactam (4-membered cyclic amide) rings is 1. The highest BCUT2D eigenvalue weighted by Gasteiger charge is 2.54. The fourth-order valence-electron chi connectivity index (χ4n) is 2.71. The molecule has 0 bridgehead atoms. The van der Waals surface area contributed by atoms with E-state index in [1.165, 1.54) is 44.6 Å². The molecule has 1 fully saturated rings. The molecule has 0 saturated carbocycles. The van der Waals surface area contributed by atoms with Gasteiger partial charge in [-0.3, -0.25) is 14.5 Å². The van der Waals surface area contributed by atoms with Gasteiger partial charge in [0, 0.05) is 24.6 Å². The lowest BCUT2D eigenvalue weighted by molar-refractivity contribution is -0.150. The van der Waals surface area contributed by atoms with E-state index < -0.39 is 23.3 Å². The number of nitrogens with one attached hydrogen (secondary N) is 1. The first-order valence-corrected chi connectivity index (χ1v) is 11.2. The molecule has 1 aromatic rings. The number of hydrogen-bond donors (Lipinski definition) is 2. The van der Waals surface area contributed by atoms with Crippen LogP contribution in [0.1, 0.15) is 0 Å². The summed E-state index contributed by atoms with van der Waals surface area (Å²) < 4.78 is 1.48. The molecule has 1 saturated heterocycles. The van der Waals surface area contributed by atoms with E-state index in [1.807, 2.05) is 6.07 Å². The van der Waals surface area contributed by atoms with Gasteiger partial charge in [-0.25, -0.2) is 9.48 Å². The molecule has 11 nitrogen and oxygen atoms in total. The minimum atomic E-state index is -1.18. The summed E-state index contributed by atoms with van der Waals surface area (Å²) in [5.74, 6) is -1.17. The number of aromatic nitrogens is 4. The molecular formula is C15H15N7O4S3. The summed E-state index contributed by atoms with van der Waals surface area (Å²) in [6.07, 6.45) is 1.26. The van der Waals surface area contributed by atoms with Gasteiger partial charge in [0.2, 0.25) is 11.1 Å². The number of carbonyl (C=O) groups excluding carboxylic acids is 2. The van der Waals surface area contributed by atoms with E-state index in [4.69, 9.17) is 5.26 Å². The zero-order valence-electron chi connectivity index (χ0n) is 15.0. The lowest BCUT2D eigenvalue weighted by Gasteiger charge is -2.49. The second-order valence-electron chi connectivity index (χ2n) is 5.83. The zero-order chi connectivity index (χ0) is 21.0. The van der Waals surface area contributed by atoms with E-state index in [1.54, 1.807) is 7.05 Å². The molecule has 1 aromatic heterocycles. The molecule has 3 heterocycles. The van der Waals surface area contributed by atoms with Crippen molar-refractivity contribution in [3.63, 3.8) is 0 Å². The number of nitrogens with zero attached hydrogens (tertiary/aromatic N) is 6. The summed E-state index contributed by atoms with van der Waals surface area (Å²) in [4.78, 5) is 37.6. The number of aliphatic carboxylic acids is 1. The molecule has 0 spiro atoms. The zero-order valence-corrected chi connectivity index (χ0v) is 17.5. The molecule has 0 unspecified atom stereocenters. The number of amides is 2. The van der Waals surface area contributed by atoms with E-state index in [2.05, 4.69) is 20.8 Å². The smallest absolute Gasteiger partial charge is 0.352 e. The Bertz CT molecular complexity index is 939. The van der Waals surface area contributed by atoms with Crippen molar-refractivity contribution in [2.75, 3.05) is 17.3 Å². The standard InChI is InChI=1S/C15H15N7O4S3/c1-21-15(18-19-20-21)29-6-8-5-28-13-10(12(24)22(13)11(8)14(25)26)17-9(23)7-27-4-2-3-16/h2,4,10,13H,5-7H2,1H3,(H,17,23)(H,25,26)/t10-,13-/m1/s1. The largest absolute Gasteiger partial charge is 0.477 e. The van der Waals surface area contributed by atoms with Crippen molar-refractivity contribution >= 4 is 53.1 Å². The molecule has 2 N–H and O–H groups in total. The van der Waals surface area contributed by atoms with Crippen LogP contribution in [0.2, 0.25) is 0 Å². The molecule has 2 aliphatic rings. The van der Waals surface area contributed by atoms with Crippen LogP contribution in [0.3, 0.4) is 0 Å². The van der Waals surface area contributed by atoms with Crippen LogP contribution >= 0.6 is 35.3 Å². The monoisotopic (exact) mass is 453 g/mol. The Balaban J connectivity index is 1.65. The predicted octanol–water partition coefficient (Wildman–Crippen LogP) is -0.189. The van der Waals surface area contributed by atoms with Gasteiger partial charge in [0.25, 0.3) is 5.91 Å². The second kappa shape index (κ2) is 9.33. The first-order valence-electron chi connectivity index (χ1n) is 8.14. The van der Waals surface area contributed by atoms with Crippen molar-refractivity contribution in [1.29, 1.82) is 5.26 Å². The van der Waals surface area contributed by atoms with Gasteiger partial charge >= 0.3 is 5.97 Å². The average molecular weight is 454 g/mol. The van der Waals surface area contributed by atoms with Gasteiger partial charge in [0.15, 0.2) is 0 Å². The van der Waals surface area contributed by atoms with Crippen molar-refractivity contribution in [2.24, 2.45) is 7.05 Å². The molecule has 29 heavy (non-hydrogen) atoms. The summed E-state index contributed by atoms with van der Waals surface area (Å²) in [5, 5.41) is 33.4. The SMILES string of the molecule is Cn1nnnc1SCC1=C(C(=O)O)N2C(=O)[C@@H](NC(=O)CSC=CC#N)[C@H]2SC1. The molecule has 0 aromatic carbocycles. The summed E-state index contributed by atoms with van der Waals surface area (Å²) in [7, 11) is 1.68. The first kappa shape index (κ1) is 21.2. The highest BCUT2D eigenvalue weighted by Crippen LogP contribution is 2.41. The van der Waals surface area contributed by atoms with Crippen LogP contribution in [0, 0.1) is 11.3 Å². The summed E-state index contributed by atoms with van der Waals surface area (Å²) in [6, 6.07) is 1.05. The van der Waals surface area contributed by atoms with Crippen molar-refractivity contribution in [3.8, 4) is 6.07 Å². The van der Waals surface area contributed by atoms with Crippen LogP contribution in [0.15, 0.2) is 27.9 Å². The molecule has 2 aliphatic heterocycles. The number of fused-ring (bicyclic) bond motifs is 1. The third kappa shape index (κ3) is 4.57. The van der Waals surface area contributed by atoms with Crippen LogP contribution in [-0.2, 0) is 21.4 Å². The number of carboxylic acid groups (broad SMARTS) is 1. The Morgan fingerprint density at radius 3 is 2.97 bits per heavy atom. The molecule has 0 radical (unpaired) electrons. The van der Waals surface area contributed by atoms with Crippen LogP contribution < -0.4 is 5.32 Å². The first-order chi connectivity index (χ1) is 13.9. The lowest BCUT2D eigenvalue weighted by Crippen LogP contribution is -2.70. The number of thioether (sulfide) groups is 3. The minimum absolute atomic E-state index is 0.0433. The Morgan fingerprint density at radius 1 is 1.52 bits per heavy atom. The topological polar surface area (TPSA) is 154 Å². The van der Waals surface area contributed by atoms with E-state index in [0.29, 0.717) is 22.2 Å². The molecule has 3 rings (SSSR count). The van der Waals surface area contributed by atoms with Crippen molar-refractivity contribution < 1.29 is 19.5 Å². The van der Waals surface area contributed by atoms with Crippen molar-refractivity contribution in [3.05, 3.63) is 22.8 Å². The number of allylic oxidation sites excluding steroid dienone is 1. The number of hydrogen-bond acceptors (Lipinski definition) is 10. The molecule has 14 heteroatoms. The number of carboxylic acids is 1. The Kier molecular flexibility index (Phi) is 6.83. The van der Waals surface area contributed by atoms with Gasteiger partial charge in [-0.1, -0.05) is 11.8 Å². The number of carbonyl (C=O) groups is 3. The van der Waals surface area contributed by atoms with Crippen LogP contribution in [0.4, 0.5) is 0 Å². The van der Waals surface area contributed by atoms with Crippen molar-refractivity contribution in [1.82, 2.24) is 30.4 Å². The highest BCUT2D eigenvalue weighted by molar-refractivity contribution is 8.02. The molecule has 2 atom stereocenters. The van der Waals surface area contributed by atoms with Gasteiger partial charge in [0.1, 0.15) is 17.1 Å². The third-order valence-corrected chi connectivity index (χ3v) is 7.17. The highest BCUT2D eigenvalue weighted by atomic mass is 32.2. The van der Waals surface area contributed by atoms with Gasteiger partial charge in [-0.05, 0) is 21.4 Å². The van der Waals surface area contributed by atoms with Gasteiger partial charge in [-0.2, -0.15) is 5.26 Å². The number of nitriles is 1. The summed E-state index contributed by atoms with van der Waals surface area (Å²) in [5.41, 5.74) is 0.556. The van der Waals surface area contributed by atoms with Crippen molar-refractivity contribution in [2.45, 2.75) is 16.6 Å². The Morgan fingerprint density at radius 2 is 2.31 bits per heavy atom. The third-order valence-electron chi connectivity index (χ3n) is 3.98. The van der Waals surface area contributed by atoms with Crippen LogP contribution in [0.25, 0.3) is 0 Å². The fraction of sp³-hybridized carbons (Fsp3) is 0.400. The fourth-order valence-corrected chi connectivity index (χ4v) is 5.53. The quantitative estimate of drug-likeness (QED) is 0.306. The normalized spacial score (nSPS) is 21.0. The maximum atomic E-state index is 12.5. The molecular weight excluding hydrogens is 438 g/mol. The number of aryl methyl sites for hydroxylation is 1. The van der Waals surface area contributed by atoms with Crippen LogP contribution in [0.5, 0.6) is 0 Å². The van der Waals surface area contributed by atoms with Gasteiger partial charge in [-0.15, -0.1) is 28.6 Å². The number of tetrazole rings is 1.